The molecule has 1 aromatic rings. The van der Waals surface area contributed by atoms with E-state index in [1.807, 2.05) is 0 Å². The van der Waals surface area contributed by atoms with Gasteiger partial charge in [-0.1, -0.05) is 36.3 Å². The first-order valence-corrected chi connectivity index (χ1v) is 6.14. The topological polar surface area (TPSA) is 15.3 Å². The zero-order chi connectivity index (χ0) is 12.3. The summed E-state index contributed by atoms with van der Waals surface area (Å²) < 4.78 is 0. The highest BCUT2D eigenvalue weighted by molar-refractivity contribution is 5.25. The molecule has 2 nitrogen and oxygen atoms in total. The molecular weight excluding hydrogens is 208 g/mol. The van der Waals surface area contributed by atoms with E-state index in [9.17, 15) is 0 Å². The van der Waals surface area contributed by atoms with Crippen molar-refractivity contribution in [1.82, 2.24) is 10.2 Å². The van der Waals surface area contributed by atoms with Crippen molar-refractivity contribution >= 4 is 0 Å². The average Bonchev–Trinajstić information content (AvgIpc) is 2.36. The Hall–Kier alpha value is -1.30. The monoisotopic (exact) mass is 228 g/mol. The van der Waals surface area contributed by atoms with Gasteiger partial charge in [-0.25, -0.2) is 0 Å². The zero-order valence-corrected chi connectivity index (χ0v) is 10.6. The van der Waals surface area contributed by atoms with Crippen molar-refractivity contribution in [3.63, 3.8) is 0 Å². The number of benzene rings is 1. The van der Waals surface area contributed by atoms with Gasteiger partial charge in [-0.3, -0.25) is 4.90 Å². The molecule has 1 saturated heterocycles. The van der Waals surface area contributed by atoms with Crippen molar-refractivity contribution in [2.24, 2.45) is 0 Å². The molecule has 1 aliphatic heterocycles. The molecule has 0 bridgehead atoms. The van der Waals surface area contributed by atoms with Crippen LogP contribution in [0.2, 0.25) is 0 Å². The Kier molecular flexibility index (Phi) is 3.51. The number of hydrogen-bond donors (Lipinski definition) is 1. The molecule has 0 saturated carbocycles. The van der Waals surface area contributed by atoms with Crippen LogP contribution in [0, 0.1) is 12.3 Å². The standard InChI is InChI=1S/C15H20N2/c1-4-10-17-12-15(3,16-11-13(17)2)14-8-6-5-7-9-14/h1,5-9,13,16H,10-12H2,2-3H3. The molecule has 1 aliphatic rings. The van der Waals surface area contributed by atoms with Crippen LogP contribution in [0.3, 0.4) is 0 Å². The third kappa shape index (κ3) is 2.52. The number of nitrogens with one attached hydrogen (secondary N) is 1. The first-order chi connectivity index (χ1) is 8.15. The van der Waals surface area contributed by atoms with E-state index >= 15 is 0 Å². The first-order valence-electron chi connectivity index (χ1n) is 6.14. The molecule has 2 heteroatoms. The zero-order valence-electron chi connectivity index (χ0n) is 10.6. The Morgan fingerprint density at radius 3 is 2.82 bits per heavy atom. The van der Waals surface area contributed by atoms with Crippen LogP contribution < -0.4 is 5.32 Å². The van der Waals surface area contributed by atoms with Gasteiger partial charge in [0.15, 0.2) is 0 Å². The predicted molar refractivity (Wildman–Crippen MR) is 71.7 cm³/mol. The molecule has 0 amide bonds. The molecule has 0 aliphatic carbocycles. The smallest absolute Gasteiger partial charge is 0.0602 e. The molecule has 0 aromatic heterocycles. The number of rotatable bonds is 2. The van der Waals surface area contributed by atoms with E-state index in [-0.39, 0.29) is 5.54 Å². The van der Waals surface area contributed by atoms with Crippen molar-refractivity contribution in [3.8, 4) is 12.3 Å². The predicted octanol–water partition coefficient (Wildman–Crippen LogP) is 1.83. The fourth-order valence-corrected chi connectivity index (χ4v) is 2.45. The Bertz CT molecular complexity index is 407. The van der Waals surface area contributed by atoms with E-state index in [4.69, 9.17) is 6.42 Å². The quantitative estimate of drug-likeness (QED) is 0.777. The molecule has 2 rings (SSSR count). The Morgan fingerprint density at radius 1 is 1.47 bits per heavy atom. The van der Waals surface area contributed by atoms with Gasteiger partial charge in [0.25, 0.3) is 0 Å². The second kappa shape index (κ2) is 4.91. The maximum absolute atomic E-state index is 5.44. The van der Waals surface area contributed by atoms with E-state index < -0.39 is 0 Å². The molecule has 0 spiro atoms. The average molecular weight is 228 g/mol. The summed E-state index contributed by atoms with van der Waals surface area (Å²) in [5.41, 5.74) is 1.33. The minimum atomic E-state index is 0.00458. The molecule has 90 valence electrons. The largest absolute Gasteiger partial charge is 0.305 e. The second-order valence-corrected chi connectivity index (χ2v) is 5.04. The fourth-order valence-electron chi connectivity index (χ4n) is 2.45. The Labute approximate surface area is 104 Å². The van der Waals surface area contributed by atoms with Crippen LogP contribution in [0.4, 0.5) is 0 Å². The van der Waals surface area contributed by atoms with Crippen LogP contribution >= 0.6 is 0 Å². The Balaban J connectivity index is 2.19. The van der Waals surface area contributed by atoms with Crippen LogP contribution in [0.25, 0.3) is 0 Å². The van der Waals surface area contributed by atoms with Gasteiger partial charge in [-0.15, -0.1) is 6.42 Å². The van der Waals surface area contributed by atoms with Gasteiger partial charge in [-0.05, 0) is 19.4 Å². The van der Waals surface area contributed by atoms with Crippen molar-refractivity contribution in [2.45, 2.75) is 25.4 Å². The van der Waals surface area contributed by atoms with E-state index in [1.165, 1.54) is 5.56 Å². The summed E-state index contributed by atoms with van der Waals surface area (Å²) in [7, 11) is 0. The van der Waals surface area contributed by atoms with Crippen LogP contribution in [0.5, 0.6) is 0 Å². The summed E-state index contributed by atoms with van der Waals surface area (Å²) in [4.78, 5) is 2.36. The minimum Gasteiger partial charge on any atom is -0.305 e. The van der Waals surface area contributed by atoms with E-state index in [1.54, 1.807) is 0 Å². The summed E-state index contributed by atoms with van der Waals surface area (Å²) in [5, 5.41) is 3.64. The molecule has 17 heavy (non-hydrogen) atoms. The summed E-state index contributed by atoms with van der Waals surface area (Å²) in [6, 6.07) is 11.1. The van der Waals surface area contributed by atoms with Crippen LogP contribution in [0.15, 0.2) is 30.3 Å². The maximum atomic E-state index is 5.44. The van der Waals surface area contributed by atoms with Crippen LogP contribution in [-0.2, 0) is 5.54 Å². The number of hydrogen-bond acceptors (Lipinski definition) is 2. The van der Waals surface area contributed by atoms with Gasteiger partial charge in [0.2, 0.25) is 0 Å². The minimum absolute atomic E-state index is 0.00458. The first kappa shape index (κ1) is 12.2. The lowest BCUT2D eigenvalue weighted by Gasteiger charge is -2.44. The maximum Gasteiger partial charge on any atom is 0.0602 e. The summed E-state index contributed by atoms with van der Waals surface area (Å²) in [6.45, 7) is 7.13. The van der Waals surface area contributed by atoms with Crippen LogP contribution in [-0.4, -0.2) is 30.6 Å². The molecule has 1 fully saturated rings. The van der Waals surface area contributed by atoms with Gasteiger partial charge in [0, 0.05) is 19.1 Å². The lowest BCUT2D eigenvalue weighted by atomic mass is 9.88. The highest BCUT2D eigenvalue weighted by Gasteiger charge is 2.34. The number of nitrogens with zero attached hydrogens (tertiary/aromatic N) is 1. The molecule has 2 atom stereocenters. The van der Waals surface area contributed by atoms with Gasteiger partial charge in [0.1, 0.15) is 0 Å². The molecule has 1 heterocycles. The highest BCUT2D eigenvalue weighted by Crippen LogP contribution is 2.25. The summed E-state index contributed by atoms with van der Waals surface area (Å²) >= 11 is 0. The lowest BCUT2D eigenvalue weighted by molar-refractivity contribution is 0.109. The number of piperazine rings is 1. The van der Waals surface area contributed by atoms with E-state index in [0.29, 0.717) is 6.04 Å². The third-order valence-corrected chi connectivity index (χ3v) is 3.64. The number of terminal acetylenes is 1. The normalized spacial score (nSPS) is 29.8. The second-order valence-electron chi connectivity index (χ2n) is 5.04. The van der Waals surface area contributed by atoms with Crippen molar-refractivity contribution in [2.75, 3.05) is 19.6 Å². The van der Waals surface area contributed by atoms with Gasteiger partial charge in [0.05, 0.1) is 12.1 Å². The molecule has 2 unspecified atom stereocenters. The summed E-state index contributed by atoms with van der Waals surface area (Å²) in [5.74, 6) is 2.76. The van der Waals surface area contributed by atoms with Crippen molar-refractivity contribution in [1.29, 1.82) is 0 Å². The van der Waals surface area contributed by atoms with Crippen molar-refractivity contribution in [3.05, 3.63) is 35.9 Å². The summed E-state index contributed by atoms with van der Waals surface area (Å²) in [6.07, 6.45) is 5.44. The van der Waals surface area contributed by atoms with Gasteiger partial charge in [-0.2, -0.15) is 0 Å². The van der Waals surface area contributed by atoms with E-state index in [2.05, 4.69) is 60.3 Å². The molecule has 0 radical (unpaired) electrons. The van der Waals surface area contributed by atoms with Crippen molar-refractivity contribution < 1.29 is 0 Å². The molecule has 1 aromatic carbocycles. The van der Waals surface area contributed by atoms with Gasteiger partial charge < -0.3 is 5.32 Å². The SMILES string of the molecule is C#CCN1CC(C)(c2ccccc2)NCC1C. The van der Waals surface area contributed by atoms with E-state index in [0.717, 1.165) is 19.6 Å². The Morgan fingerprint density at radius 2 is 2.18 bits per heavy atom. The lowest BCUT2D eigenvalue weighted by Crippen LogP contribution is -2.60. The van der Waals surface area contributed by atoms with Crippen LogP contribution in [0.1, 0.15) is 19.4 Å². The third-order valence-electron chi connectivity index (χ3n) is 3.64. The fraction of sp³-hybridized carbons (Fsp3) is 0.467. The molecule has 1 N–H and O–H groups in total. The van der Waals surface area contributed by atoms with Gasteiger partial charge >= 0.3 is 0 Å². The molecular formula is C15H20N2. The highest BCUT2D eigenvalue weighted by atomic mass is 15.2.